The van der Waals surface area contributed by atoms with Crippen LogP contribution in [0.1, 0.15) is 29.4 Å². The third kappa shape index (κ3) is 6.53. The van der Waals surface area contributed by atoms with Crippen LogP contribution in [0.4, 0.5) is 0 Å². The predicted octanol–water partition coefficient (Wildman–Crippen LogP) is 2.05. The smallest absolute Gasteiger partial charge is 0.271 e. The summed E-state index contributed by atoms with van der Waals surface area (Å²) in [5, 5.41) is 23.5. The van der Waals surface area contributed by atoms with E-state index in [1.165, 1.54) is 12.1 Å². The molecule has 1 amide bonds. The number of methoxy groups -OCH3 is 1. The summed E-state index contributed by atoms with van der Waals surface area (Å²) >= 11 is 0. The molecule has 3 N–H and O–H groups in total. The van der Waals surface area contributed by atoms with E-state index in [9.17, 15) is 4.79 Å². The molecule has 0 fully saturated rings. The van der Waals surface area contributed by atoms with E-state index in [0.29, 0.717) is 31.3 Å². The van der Waals surface area contributed by atoms with Gasteiger partial charge in [0.15, 0.2) is 11.6 Å². The number of carbonyl (C=O) groups excluding carboxylic acids is 1. The Morgan fingerprint density at radius 2 is 1.94 bits per heavy atom. The van der Waals surface area contributed by atoms with Crippen LogP contribution in [0.25, 0.3) is 11.4 Å². The van der Waals surface area contributed by atoms with Crippen LogP contribution in [0.15, 0.2) is 48.8 Å². The van der Waals surface area contributed by atoms with Crippen molar-refractivity contribution in [3.63, 3.8) is 0 Å². The van der Waals surface area contributed by atoms with Gasteiger partial charge in [-0.25, -0.2) is 14.6 Å². The Morgan fingerprint density at radius 1 is 1.15 bits per heavy atom. The number of nitrogens with zero attached hydrogens (tertiary/aromatic N) is 4. The molecular weight excluding hydrogens is 422 g/mol. The number of rotatable bonds is 10. The molecule has 1 aromatic carbocycles. The van der Waals surface area contributed by atoms with Crippen molar-refractivity contribution in [1.29, 1.82) is 10.8 Å². The summed E-state index contributed by atoms with van der Waals surface area (Å²) < 4.78 is 11.6. The SMILES string of the molecule is CCCNC(=O)c1ccc(=N)n(C(=N)Cc2cccc(-c3ncc(OCCOC)cn3)c2)n1. The molecule has 10 heteroatoms. The molecule has 2 aromatic heterocycles. The van der Waals surface area contributed by atoms with Gasteiger partial charge in [0.2, 0.25) is 0 Å². The Morgan fingerprint density at radius 3 is 2.67 bits per heavy atom. The maximum atomic E-state index is 12.2. The lowest BCUT2D eigenvalue weighted by Gasteiger charge is -2.11. The van der Waals surface area contributed by atoms with Crippen molar-refractivity contribution in [1.82, 2.24) is 25.1 Å². The molecule has 2 heterocycles. The first-order valence-electron chi connectivity index (χ1n) is 10.6. The largest absolute Gasteiger partial charge is 0.488 e. The first-order chi connectivity index (χ1) is 16.0. The molecule has 10 nitrogen and oxygen atoms in total. The Labute approximate surface area is 191 Å². The van der Waals surface area contributed by atoms with Crippen LogP contribution in [0.2, 0.25) is 0 Å². The van der Waals surface area contributed by atoms with Crippen molar-refractivity contribution < 1.29 is 14.3 Å². The van der Waals surface area contributed by atoms with Crippen LogP contribution in [0.5, 0.6) is 5.75 Å². The van der Waals surface area contributed by atoms with Gasteiger partial charge in [-0.05, 0) is 30.2 Å². The summed E-state index contributed by atoms with van der Waals surface area (Å²) in [6.07, 6.45) is 4.24. The number of nitrogens with one attached hydrogen (secondary N) is 3. The fourth-order valence-electron chi connectivity index (χ4n) is 2.95. The van der Waals surface area contributed by atoms with Crippen LogP contribution in [-0.2, 0) is 11.2 Å². The molecule has 3 rings (SSSR count). The molecule has 0 aliphatic heterocycles. The molecule has 0 saturated heterocycles. The number of benzene rings is 1. The Hall–Kier alpha value is -3.92. The molecule has 0 atom stereocenters. The van der Waals surface area contributed by atoms with Crippen molar-refractivity contribution in [3.05, 3.63) is 65.5 Å². The topological polar surface area (TPSA) is 139 Å². The van der Waals surface area contributed by atoms with E-state index in [1.807, 2.05) is 31.2 Å². The molecule has 0 unspecified atom stereocenters. The fraction of sp³-hybridized carbons (Fsp3) is 0.304. The third-order valence-corrected chi connectivity index (χ3v) is 4.60. The molecule has 3 aromatic rings. The van der Waals surface area contributed by atoms with Gasteiger partial charge in [0.1, 0.15) is 23.6 Å². The van der Waals surface area contributed by atoms with Crippen molar-refractivity contribution in [2.75, 3.05) is 26.9 Å². The zero-order valence-electron chi connectivity index (χ0n) is 18.7. The molecule has 0 spiro atoms. The van der Waals surface area contributed by atoms with Gasteiger partial charge in [-0.2, -0.15) is 5.10 Å². The summed E-state index contributed by atoms with van der Waals surface area (Å²) in [7, 11) is 1.61. The highest BCUT2D eigenvalue weighted by Crippen LogP contribution is 2.18. The van der Waals surface area contributed by atoms with Gasteiger partial charge < -0.3 is 14.8 Å². The van der Waals surface area contributed by atoms with Gasteiger partial charge in [-0.3, -0.25) is 15.6 Å². The van der Waals surface area contributed by atoms with Gasteiger partial charge in [0.25, 0.3) is 5.91 Å². The van der Waals surface area contributed by atoms with E-state index in [-0.39, 0.29) is 29.3 Å². The van der Waals surface area contributed by atoms with E-state index in [0.717, 1.165) is 22.2 Å². The number of amides is 1. The number of ether oxygens (including phenoxy) is 2. The lowest BCUT2D eigenvalue weighted by molar-refractivity contribution is 0.0947. The number of carbonyl (C=O) groups is 1. The predicted molar refractivity (Wildman–Crippen MR) is 122 cm³/mol. The van der Waals surface area contributed by atoms with Crippen LogP contribution in [0.3, 0.4) is 0 Å². The lowest BCUT2D eigenvalue weighted by atomic mass is 10.1. The maximum Gasteiger partial charge on any atom is 0.271 e. The monoisotopic (exact) mass is 449 g/mol. The molecule has 0 radical (unpaired) electrons. The fourth-order valence-corrected chi connectivity index (χ4v) is 2.95. The quantitative estimate of drug-likeness (QED) is 0.246. The Bertz CT molecular complexity index is 1160. The second kappa shape index (κ2) is 11.6. The van der Waals surface area contributed by atoms with E-state index in [4.69, 9.17) is 20.3 Å². The van der Waals surface area contributed by atoms with Crippen LogP contribution >= 0.6 is 0 Å². The highest BCUT2D eigenvalue weighted by atomic mass is 16.5. The molecule has 0 saturated carbocycles. The summed E-state index contributed by atoms with van der Waals surface area (Å²) in [6, 6.07) is 10.5. The van der Waals surface area contributed by atoms with E-state index in [1.54, 1.807) is 19.5 Å². The first-order valence-corrected chi connectivity index (χ1v) is 10.6. The number of hydrogen-bond acceptors (Lipinski definition) is 8. The number of aromatic nitrogens is 4. The second-order valence-corrected chi connectivity index (χ2v) is 7.18. The summed E-state index contributed by atoms with van der Waals surface area (Å²) in [4.78, 5) is 20.9. The average molecular weight is 450 g/mol. The lowest BCUT2D eigenvalue weighted by Crippen LogP contribution is -2.34. The first kappa shape index (κ1) is 23.7. The molecule has 33 heavy (non-hydrogen) atoms. The highest BCUT2D eigenvalue weighted by molar-refractivity contribution is 5.92. The van der Waals surface area contributed by atoms with Gasteiger partial charge in [0.05, 0.1) is 19.0 Å². The van der Waals surface area contributed by atoms with Gasteiger partial charge >= 0.3 is 0 Å². The summed E-state index contributed by atoms with van der Waals surface area (Å²) in [5.41, 5.74) is 1.81. The van der Waals surface area contributed by atoms with E-state index >= 15 is 0 Å². The second-order valence-electron chi connectivity index (χ2n) is 7.18. The zero-order valence-corrected chi connectivity index (χ0v) is 18.7. The standard InChI is InChI=1S/C23H27N7O3/c1-3-9-26-23(31)19-7-8-20(24)30(29-19)21(25)13-16-5-4-6-17(12-16)22-27-14-18(15-28-22)33-11-10-32-2/h4-8,12,14-15,24-25H,3,9-11,13H2,1-2H3,(H,26,31). The van der Waals surface area contributed by atoms with Crippen molar-refractivity contribution in [3.8, 4) is 17.1 Å². The van der Waals surface area contributed by atoms with Crippen molar-refractivity contribution >= 4 is 11.7 Å². The molecule has 0 aliphatic carbocycles. The molecule has 0 aliphatic rings. The van der Waals surface area contributed by atoms with Crippen molar-refractivity contribution in [2.45, 2.75) is 19.8 Å². The highest BCUT2D eigenvalue weighted by Gasteiger charge is 2.12. The van der Waals surface area contributed by atoms with Gasteiger partial charge in [0, 0.05) is 25.6 Å². The Kier molecular flexibility index (Phi) is 8.36. The van der Waals surface area contributed by atoms with Crippen LogP contribution < -0.4 is 15.5 Å². The van der Waals surface area contributed by atoms with Crippen LogP contribution in [-0.4, -0.2) is 58.4 Å². The maximum absolute atomic E-state index is 12.2. The van der Waals surface area contributed by atoms with Gasteiger partial charge in [-0.15, -0.1) is 0 Å². The minimum absolute atomic E-state index is 0.0237. The summed E-state index contributed by atoms with van der Waals surface area (Å²) in [5.74, 6) is 0.836. The summed E-state index contributed by atoms with van der Waals surface area (Å²) in [6.45, 7) is 3.40. The minimum atomic E-state index is -0.327. The number of hydrogen-bond donors (Lipinski definition) is 3. The third-order valence-electron chi connectivity index (χ3n) is 4.60. The zero-order chi connectivity index (χ0) is 23.6. The molecular formula is C23H27N7O3. The van der Waals surface area contributed by atoms with Crippen LogP contribution in [0, 0.1) is 10.8 Å². The Balaban J connectivity index is 1.73. The van der Waals surface area contributed by atoms with Gasteiger partial charge in [-0.1, -0.05) is 25.1 Å². The van der Waals surface area contributed by atoms with E-state index < -0.39 is 0 Å². The minimum Gasteiger partial charge on any atom is -0.488 e. The molecule has 0 bridgehead atoms. The van der Waals surface area contributed by atoms with Crippen molar-refractivity contribution in [2.24, 2.45) is 0 Å². The van der Waals surface area contributed by atoms with E-state index in [2.05, 4.69) is 20.4 Å². The normalized spacial score (nSPS) is 10.6. The molecule has 172 valence electrons. The average Bonchev–Trinajstić information content (AvgIpc) is 2.83.